The number of nitrogens with zero attached hydrogens (tertiary/aromatic N) is 1. The lowest BCUT2D eigenvalue weighted by atomic mass is 9.84. The van der Waals surface area contributed by atoms with Crippen molar-refractivity contribution < 1.29 is 19.4 Å². The maximum Gasteiger partial charge on any atom is 0.342 e. The van der Waals surface area contributed by atoms with Gasteiger partial charge in [-0.3, -0.25) is 4.79 Å². The van der Waals surface area contributed by atoms with Crippen LogP contribution in [-0.2, 0) is 0 Å². The van der Waals surface area contributed by atoms with Crippen LogP contribution in [0.15, 0.2) is 42.7 Å². The number of hydrogen-bond donors (Lipinski definition) is 1. The van der Waals surface area contributed by atoms with Crippen LogP contribution in [0.2, 0.25) is 0 Å². The highest BCUT2D eigenvalue weighted by atomic mass is 16.5. The first-order valence-corrected chi connectivity index (χ1v) is 8.64. The quantitative estimate of drug-likeness (QED) is 0.510. The largest absolute Gasteiger partial charge is 0.619 e. The number of benzene rings is 1. The molecule has 0 spiro atoms. The predicted molar refractivity (Wildman–Crippen MR) is 93.3 cm³/mol. The Morgan fingerprint density at radius 2 is 1.76 bits per heavy atom. The van der Waals surface area contributed by atoms with Crippen LogP contribution in [0.4, 0.5) is 0 Å². The van der Waals surface area contributed by atoms with Gasteiger partial charge < -0.3 is 10.3 Å². The molecular weight excluding hydrogens is 318 g/mol. The van der Waals surface area contributed by atoms with Gasteiger partial charge in [-0.1, -0.05) is 56.4 Å². The van der Waals surface area contributed by atoms with Gasteiger partial charge in [0, 0.05) is 23.6 Å². The summed E-state index contributed by atoms with van der Waals surface area (Å²) in [6.07, 6.45) is 8.85. The minimum Gasteiger partial charge on any atom is -0.619 e. The van der Waals surface area contributed by atoms with Gasteiger partial charge in [-0.15, -0.1) is 0 Å². The third kappa shape index (κ3) is 4.05. The fraction of sp³-hybridized carbons (Fsp3) is 0.350. The molecule has 1 aromatic carbocycles. The summed E-state index contributed by atoms with van der Waals surface area (Å²) in [7, 11) is 0. The number of hydrogen-bond acceptors (Lipinski definition) is 3. The first-order valence-electron chi connectivity index (χ1n) is 8.64. The van der Waals surface area contributed by atoms with Crippen LogP contribution in [0.1, 0.15) is 59.2 Å². The Labute approximate surface area is 146 Å². The molecule has 5 nitrogen and oxygen atoms in total. The van der Waals surface area contributed by atoms with Gasteiger partial charge in [0.15, 0.2) is 18.2 Å². The van der Waals surface area contributed by atoms with E-state index in [4.69, 9.17) is 0 Å². The molecule has 0 saturated heterocycles. The van der Waals surface area contributed by atoms with E-state index >= 15 is 0 Å². The molecule has 2 aromatic rings. The number of carboxylic acid groups (broad SMARTS) is 1. The second-order valence-corrected chi connectivity index (χ2v) is 6.65. The number of carbonyl (C=O) groups excluding carboxylic acids is 1. The van der Waals surface area contributed by atoms with Crippen LogP contribution in [0.3, 0.4) is 0 Å². The average molecular weight is 339 g/mol. The van der Waals surface area contributed by atoms with Crippen molar-refractivity contribution in [2.75, 3.05) is 0 Å². The van der Waals surface area contributed by atoms with Crippen molar-refractivity contribution in [3.63, 3.8) is 0 Å². The Bertz CT molecular complexity index is 777. The molecule has 1 aliphatic rings. The maximum absolute atomic E-state index is 12.4. The zero-order valence-electron chi connectivity index (χ0n) is 14.0. The van der Waals surface area contributed by atoms with Crippen LogP contribution in [0.5, 0.6) is 0 Å². The number of pyridine rings is 1. The molecule has 0 amide bonds. The summed E-state index contributed by atoms with van der Waals surface area (Å²) in [4.78, 5) is 23.8. The van der Waals surface area contributed by atoms with Crippen molar-refractivity contribution in [3.05, 3.63) is 59.1 Å². The minimum absolute atomic E-state index is 0.0567. The van der Waals surface area contributed by atoms with Gasteiger partial charge in [0.25, 0.3) is 0 Å². The van der Waals surface area contributed by atoms with Crippen molar-refractivity contribution in [2.45, 2.75) is 38.5 Å². The Kier molecular flexibility index (Phi) is 5.12. The van der Waals surface area contributed by atoms with Gasteiger partial charge in [0.05, 0.1) is 0 Å². The Morgan fingerprint density at radius 3 is 2.40 bits per heavy atom. The molecule has 5 heteroatoms. The summed E-state index contributed by atoms with van der Waals surface area (Å²) in [6.45, 7) is 0. The van der Waals surface area contributed by atoms with E-state index in [-0.39, 0.29) is 11.3 Å². The van der Waals surface area contributed by atoms with Crippen LogP contribution in [-0.4, -0.2) is 16.9 Å². The molecule has 0 atom stereocenters. The number of carboxylic acids is 1. The molecule has 25 heavy (non-hydrogen) atoms. The van der Waals surface area contributed by atoms with E-state index in [1.807, 2.05) is 0 Å². The third-order valence-electron chi connectivity index (χ3n) is 4.88. The average Bonchev–Trinajstić information content (AvgIpc) is 2.62. The SMILES string of the molecule is O=C(CC1CCCCC1)c1ccc(-c2cc[n+]([O-])cc2C(=O)O)cc1. The molecule has 0 bridgehead atoms. The lowest BCUT2D eigenvalue weighted by molar-refractivity contribution is -0.605. The molecule has 1 heterocycles. The molecule has 130 valence electrons. The van der Waals surface area contributed by atoms with E-state index in [2.05, 4.69) is 0 Å². The van der Waals surface area contributed by atoms with Crippen molar-refractivity contribution in [1.29, 1.82) is 0 Å². The molecule has 0 aliphatic heterocycles. The summed E-state index contributed by atoms with van der Waals surface area (Å²) < 4.78 is 0.467. The molecule has 0 radical (unpaired) electrons. The first-order chi connectivity index (χ1) is 12.0. The Hall–Kier alpha value is -2.69. The Balaban J connectivity index is 1.78. The predicted octanol–water partition coefficient (Wildman–Crippen LogP) is 3.84. The number of carbonyl (C=O) groups is 2. The van der Waals surface area contributed by atoms with E-state index in [0.29, 0.717) is 33.8 Å². The Morgan fingerprint density at radius 1 is 1.08 bits per heavy atom. The second-order valence-electron chi connectivity index (χ2n) is 6.65. The van der Waals surface area contributed by atoms with E-state index in [0.717, 1.165) is 19.0 Å². The lowest BCUT2D eigenvalue weighted by Gasteiger charge is -2.20. The number of ketones is 1. The number of Topliss-reactive ketones (excluding diaryl/α,β-unsaturated/α-hetero) is 1. The van der Waals surface area contributed by atoms with Crippen LogP contribution >= 0.6 is 0 Å². The fourth-order valence-corrected chi connectivity index (χ4v) is 3.51. The highest BCUT2D eigenvalue weighted by Crippen LogP contribution is 2.28. The molecule has 1 aliphatic carbocycles. The number of aromatic carboxylic acids is 1. The van der Waals surface area contributed by atoms with Crippen LogP contribution < -0.4 is 4.73 Å². The highest BCUT2D eigenvalue weighted by molar-refractivity contribution is 5.98. The molecule has 1 fully saturated rings. The molecule has 3 rings (SSSR count). The standard InChI is InChI=1S/C20H21NO4/c22-19(12-14-4-2-1-3-5-14)16-8-6-15(7-9-16)17-10-11-21(25)13-18(17)20(23)24/h6-11,13-14H,1-5,12H2,(H,23,24). The van der Waals surface area contributed by atoms with Gasteiger partial charge in [-0.05, 0) is 11.5 Å². The van der Waals surface area contributed by atoms with Gasteiger partial charge in [-0.2, -0.15) is 4.73 Å². The molecule has 1 aromatic heterocycles. The van der Waals surface area contributed by atoms with Crippen molar-refractivity contribution in [1.82, 2.24) is 0 Å². The zero-order chi connectivity index (χ0) is 17.8. The fourth-order valence-electron chi connectivity index (χ4n) is 3.51. The van der Waals surface area contributed by atoms with Crippen LogP contribution in [0, 0.1) is 11.1 Å². The minimum atomic E-state index is -1.15. The van der Waals surface area contributed by atoms with E-state index < -0.39 is 5.97 Å². The lowest BCUT2D eigenvalue weighted by Crippen LogP contribution is -2.26. The smallest absolute Gasteiger partial charge is 0.342 e. The van der Waals surface area contributed by atoms with Gasteiger partial charge in [0.1, 0.15) is 5.56 Å². The summed E-state index contributed by atoms with van der Waals surface area (Å²) in [5.74, 6) is -0.527. The highest BCUT2D eigenvalue weighted by Gasteiger charge is 2.19. The van der Waals surface area contributed by atoms with Crippen molar-refractivity contribution in [2.24, 2.45) is 5.92 Å². The zero-order valence-corrected chi connectivity index (χ0v) is 14.0. The molecule has 0 unspecified atom stereocenters. The van der Waals surface area contributed by atoms with Crippen molar-refractivity contribution in [3.8, 4) is 11.1 Å². The monoisotopic (exact) mass is 339 g/mol. The topological polar surface area (TPSA) is 81.3 Å². The van der Waals surface area contributed by atoms with Crippen molar-refractivity contribution >= 4 is 11.8 Å². The van der Waals surface area contributed by atoms with E-state index in [1.54, 1.807) is 24.3 Å². The second kappa shape index (κ2) is 7.47. The number of aromatic nitrogens is 1. The van der Waals surface area contributed by atoms with Gasteiger partial charge in [0.2, 0.25) is 0 Å². The summed E-state index contributed by atoms with van der Waals surface area (Å²) >= 11 is 0. The van der Waals surface area contributed by atoms with Gasteiger partial charge >= 0.3 is 5.97 Å². The molecule has 1 N–H and O–H groups in total. The normalized spacial score (nSPS) is 15.0. The summed E-state index contributed by atoms with van der Waals surface area (Å²) in [6, 6.07) is 8.44. The number of rotatable bonds is 5. The molecule has 1 saturated carbocycles. The maximum atomic E-state index is 12.4. The van der Waals surface area contributed by atoms with E-state index in [1.165, 1.54) is 31.5 Å². The molecular formula is C20H21NO4. The van der Waals surface area contributed by atoms with Crippen LogP contribution in [0.25, 0.3) is 11.1 Å². The van der Waals surface area contributed by atoms with Gasteiger partial charge in [-0.25, -0.2) is 4.79 Å². The third-order valence-corrected chi connectivity index (χ3v) is 4.88. The summed E-state index contributed by atoms with van der Waals surface area (Å²) in [5.41, 5.74) is 1.73. The first kappa shape index (κ1) is 17.1. The van der Waals surface area contributed by atoms with E-state index in [9.17, 15) is 19.9 Å². The summed E-state index contributed by atoms with van der Waals surface area (Å²) in [5, 5.41) is 20.6.